The van der Waals surface area contributed by atoms with Gasteiger partial charge in [-0.3, -0.25) is 4.90 Å². The summed E-state index contributed by atoms with van der Waals surface area (Å²) in [5.74, 6) is -0.233. The van der Waals surface area contributed by atoms with Crippen LogP contribution in [0.3, 0.4) is 0 Å². The van der Waals surface area contributed by atoms with E-state index in [2.05, 4.69) is 11.8 Å². The standard InChI is InChI=1S/C12H17NO3/c1-9-4-2-3-7-13(9)8-10-5-6-11(16-10)12(14)15/h5-6,9H,2-4,7-8H2,1H3,(H,14,15)/t9-/m1/s1. The van der Waals surface area contributed by atoms with Crippen molar-refractivity contribution in [1.29, 1.82) is 0 Å². The normalized spacial score (nSPS) is 22.2. The number of hydrogen-bond acceptors (Lipinski definition) is 3. The van der Waals surface area contributed by atoms with Gasteiger partial charge in [0.25, 0.3) is 0 Å². The number of nitrogens with zero attached hydrogens (tertiary/aromatic N) is 1. The molecule has 2 heterocycles. The predicted molar refractivity (Wildman–Crippen MR) is 59.4 cm³/mol. The number of carbonyl (C=O) groups is 1. The van der Waals surface area contributed by atoms with Crippen LogP contribution in [-0.4, -0.2) is 28.6 Å². The van der Waals surface area contributed by atoms with E-state index < -0.39 is 5.97 Å². The molecule has 1 aromatic heterocycles. The summed E-state index contributed by atoms with van der Waals surface area (Å²) in [4.78, 5) is 13.0. The molecule has 16 heavy (non-hydrogen) atoms. The average molecular weight is 223 g/mol. The maximum Gasteiger partial charge on any atom is 0.371 e. The summed E-state index contributed by atoms with van der Waals surface area (Å²) in [6.45, 7) is 4.00. The van der Waals surface area contributed by atoms with Crippen LogP contribution in [0.1, 0.15) is 42.5 Å². The van der Waals surface area contributed by atoms with Gasteiger partial charge in [-0.2, -0.15) is 0 Å². The molecule has 0 aromatic carbocycles. The van der Waals surface area contributed by atoms with E-state index in [1.54, 1.807) is 6.07 Å². The highest BCUT2D eigenvalue weighted by Gasteiger charge is 2.20. The first-order chi connectivity index (χ1) is 7.66. The molecular formula is C12H17NO3. The Morgan fingerprint density at radius 3 is 3.00 bits per heavy atom. The van der Waals surface area contributed by atoms with Crippen LogP contribution in [0.5, 0.6) is 0 Å². The van der Waals surface area contributed by atoms with E-state index >= 15 is 0 Å². The summed E-state index contributed by atoms with van der Waals surface area (Å²) in [6.07, 6.45) is 3.72. The summed E-state index contributed by atoms with van der Waals surface area (Å²) in [5.41, 5.74) is 0. The lowest BCUT2D eigenvalue weighted by Crippen LogP contribution is -2.36. The van der Waals surface area contributed by atoms with Gasteiger partial charge in [-0.1, -0.05) is 6.42 Å². The highest BCUT2D eigenvalue weighted by Crippen LogP contribution is 2.20. The second-order valence-electron chi connectivity index (χ2n) is 4.39. The number of furan rings is 1. The molecule has 2 rings (SSSR count). The third-order valence-electron chi connectivity index (χ3n) is 3.17. The van der Waals surface area contributed by atoms with Gasteiger partial charge in [-0.25, -0.2) is 4.79 Å². The average Bonchev–Trinajstić information content (AvgIpc) is 2.70. The molecule has 4 nitrogen and oxygen atoms in total. The Morgan fingerprint density at radius 2 is 2.38 bits per heavy atom. The number of piperidine rings is 1. The number of carboxylic acids is 1. The molecule has 1 aliphatic rings. The van der Waals surface area contributed by atoms with Crippen LogP contribution in [-0.2, 0) is 6.54 Å². The molecule has 0 radical (unpaired) electrons. The fraction of sp³-hybridized carbons (Fsp3) is 0.583. The minimum atomic E-state index is -1.00. The van der Waals surface area contributed by atoms with Crippen molar-refractivity contribution in [1.82, 2.24) is 4.90 Å². The van der Waals surface area contributed by atoms with E-state index in [1.807, 2.05) is 0 Å². The molecule has 0 amide bonds. The van der Waals surface area contributed by atoms with Crippen molar-refractivity contribution in [3.8, 4) is 0 Å². The Balaban J connectivity index is 1.99. The predicted octanol–water partition coefficient (Wildman–Crippen LogP) is 2.35. The van der Waals surface area contributed by atoms with E-state index in [9.17, 15) is 4.79 Å². The number of rotatable bonds is 3. The zero-order valence-corrected chi connectivity index (χ0v) is 9.48. The van der Waals surface area contributed by atoms with Crippen LogP contribution in [0, 0.1) is 0 Å². The largest absolute Gasteiger partial charge is 0.475 e. The van der Waals surface area contributed by atoms with Gasteiger partial charge in [-0.15, -0.1) is 0 Å². The van der Waals surface area contributed by atoms with Crippen LogP contribution in [0.2, 0.25) is 0 Å². The maximum absolute atomic E-state index is 10.7. The minimum absolute atomic E-state index is 0.0275. The Labute approximate surface area is 94.9 Å². The zero-order chi connectivity index (χ0) is 11.5. The second-order valence-corrected chi connectivity index (χ2v) is 4.39. The summed E-state index contributed by atoms with van der Waals surface area (Å²) in [6, 6.07) is 3.84. The summed E-state index contributed by atoms with van der Waals surface area (Å²) < 4.78 is 5.25. The third kappa shape index (κ3) is 2.44. The van der Waals surface area contributed by atoms with Crippen molar-refractivity contribution in [2.75, 3.05) is 6.54 Å². The molecule has 0 bridgehead atoms. The summed E-state index contributed by atoms with van der Waals surface area (Å²) >= 11 is 0. The lowest BCUT2D eigenvalue weighted by atomic mass is 10.0. The minimum Gasteiger partial charge on any atom is -0.475 e. The van der Waals surface area contributed by atoms with Gasteiger partial charge in [0.05, 0.1) is 6.54 Å². The molecular weight excluding hydrogens is 206 g/mol. The van der Waals surface area contributed by atoms with Gasteiger partial charge in [0.1, 0.15) is 5.76 Å². The molecule has 0 aliphatic carbocycles. The number of carboxylic acid groups (broad SMARTS) is 1. The number of likely N-dealkylation sites (tertiary alicyclic amines) is 1. The lowest BCUT2D eigenvalue weighted by molar-refractivity contribution is 0.0656. The Kier molecular flexibility index (Phi) is 3.29. The number of hydrogen-bond donors (Lipinski definition) is 1. The topological polar surface area (TPSA) is 53.7 Å². The second kappa shape index (κ2) is 4.70. The van der Waals surface area contributed by atoms with E-state index in [1.165, 1.54) is 25.3 Å². The van der Waals surface area contributed by atoms with Crippen molar-refractivity contribution in [2.45, 2.75) is 38.8 Å². The maximum atomic E-state index is 10.7. The fourth-order valence-corrected chi connectivity index (χ4v) is 2.17. The molecule has 1 atom stereocenters. The van der Waals surface area contributed by atoms with Gasteiger partial charge in [0, 0.05) is 6.04 Å². The first kappa shape index (κ1) is 11.2. The van der Waals surface area contributed by atoms with E-state index in [0.29, 0.717) is 12.6 Å². The van der Waals surface area contributed by atoms with Crippen molar-refractivity contribution in [3.63, 3.8) is 0 Å². The van der Waals surface area contributed by atoms with E-state index in [-0.39, 0.29) is 5.76 Å². The first-order valence-electron chi connectivity index (χ1n) is 5.73. The van der Waals surface area contributed by atoms with Crippen molar-refractivity contribution >= 4 is 5.97 Å². The Hall–Kier alpha value is -1.29. The molecule has 1 aliphatic heterocycles. The fourth-order valence-electron chi connectivity index (χ4n) is 2.17. The third-order valence-corrected chi connectivity index (χ3v) is 3.17. The molecule has 88 valence electrons. The molecule has 4 heteroatoms. The highest BCUT2D eigenvalue weighted by molar-refractivity contribution is 5.84. The van der Waals surface area contributed by atoms with Gasteiger partial charge < -0.3 is 9.52 Å². The highest BCUT2D eigenvalue weighted by atomic mass is 16.4. The van der Waals surface area contributed by atoms with Crippen LogP contribution >= 0.6 is 0 Å². The van der Waals surface area contributed by atoms with Gasteiger partial charge >= 0.3 is 5.97 Å². The SMILES string of the molecule is C[C@@H]1CCCCN1Cc1ccc(C(=O)O)o1. The van der Waals surface area contributed by atoms with Crippen LogP contribution in [0.25, 0.3) is 0 Å². The van der Waals surface area contributed by atoms with Crippen LogP contribution < -0.4 is 0 Å². The van der Waals surface area contributed by atoms with Crippen molar-refractivity contribution < 1.29 is 14.3 Å². The quantitative estimate of drug-likeness (QED) is 0.854. The Morgan fingerprint density at radius 1 is 1.56 bits per heavy atom. The molecule has 1 aromatic rings. The van der Waals surface area contributed by atoms with Crippen molar-refractivity contribution in [3.05, 3.63) is 23.7 Å². The Bertz CT molecular complexity index is 372. The van der Waals surface area contributed by atoms with Gasteiger partial charge in [-0.05, 0) is 38.4 Å². The first-order valence-corrected chi connectivity index (χ1v) is 5.73. The van der Waals surface area contributed by atoms with Crippen LogP contribution in [0.15, 0.2) is 16.5 Å². The van der Waals surface area contributed by atoms with Gasteiger partial charge in [0.15, 0.2) is 0 Å². The molecule has 0 saturated carbocycles. The molecule has 1 fully saturated rings. The zero-order valence-electron chi connectivity index (χ0n) is 9.48. The monoisotopic (exact) mass is 223 g/mol. The summed E-state index contributed by atoms with van der Waals surface area (Å²) in [7, 11) is 0. The molecule has 1 N–H and O–H groups in total. The van der Waals surface area contributed by atoms with E-state index in [4.69, 9.17) is 9.52 Å². The number of aromatic carboxylic acids is 1. The smallest absolute Gasteiger partial charge is 0.371 e. The van der Waals surface area contributed by atoms with E-state index in [0.717, 1.165) is 12.3 Å². The lowest BCUT2D eigenvalue weighted by Gasteiger charge is -2.32. The summed E-state index contributed by atoms with van der Waals surface area (Å²) in [5, 5.41) is 8.75. The molecule has 0 spiro atoms. The van der Waals surface area contributed by atoms with Gasteiger partial charge in [0.2, 0.25) is 5.76 Å². The molecule has 1 saturated heterocycles. The van der Waals surface area contributed by atoms with Crippen molar-refractivity contribution in [2.24, 2.45) is 0 Å². The molecule has 0 unspecified atom stereocenters. The van der Waals surface area contributed by atoms with Crippen LogP contribution in [0.4, 0.5) is 0 Å².